The highest BCUT2D eigenvalue weighted by Gasteiger charge is 2.10. The van der Waals surface area contributed by atoms with Crippen molar-refractivity contribution in [1.29, 1.82) is 5.26 Å². The molecule has 0 fully saturated rings. The minimum atomic E-state index is 0.717. The van der Waals surface area contributed by atoms with E-state index in [-0.39, 0.29) is 0 Å². The van der Waals surface area contributed by atoms with Crippen molar-refractivity contribution in [3.8, 4) is 6.19 Å². The van der Waals surface area contributed by atoms with Crippen molar-refractivity contribution < 1.29 is 0 Å². The van der Waals surface area contributed by atoms with Crippen LogP contribution in [0.3, 0.4) is 0 Å². The van der Waals surface area contributed by atoms with Gasteiger partial charge in [0, 0.05) is 11.9 Å². The van der Waals surface area contributed by atoms with Crippen LogP contribution in [0.4, 0.5) is 0 Å². The maximum Gasteiger partial charge on any atom is 0.179 e. The summed E-state index contributed by atoms with van der Waals surface area (Å²) in [7, 11) is 1.81. The zero-order valence-electron chi connectivity index (χ0n) is 8.86. The molecule has 0 spiro atoms. The first-order valence-corrected chi connectivity index (χ1v) is 6.13. The minimum absolute atomic E-state index is 0.717. The van der Waals surface area contributed by atoms with Gasteiger partial charge in [-0.15, -0.1) is 11.8 Å². The molecule has 0 bridgehead atoms. The van der Waals surface area contributed by atoms with Gasteiger partial charge in [-0.3, -0.25) is 0 Å². The van der Waals surface area contributed by atoms with Gasteiger partial charge >= 0.3 is 0 Å². The number of hydrogen-bond donors (Lipinski definition) is 0. The van der Waals surface area contributed by atoms with Gasteiger partial charge < -0.3 is 4.90 Å². The Morgan fingerprint density at radius 2 is 2.40 bits per heavy atom. The van der Waals surface area contributed by atoms with Crippen molar-refractivity contribution in [1.82, 2.24) is 4.90 Å². The highest BCUT2D eigenvalue weighted by Crippen LogP contribution is 2.30. The Balaban J connectivity index is 2.18. The Labute approximate surface area is 94.9 Å². The highest BCUT2D eigenvalue weighted by atomic mass is 32.2. The second-order valence-corrected chi connectivity index (χ2v) is 4.99. The van der Waals surface area contributed by atoms with E-state index in [2.05, 4.69) is 24.4 Å². The number of aryl methyl sites for hydroxylation is 1. The third kappa shape index (κ3) is 2.45. The molecule has 0 saturated carbocycles. The van der Waals surface area contributed by atoms with Crippen molar-refractivity contribution in [2.24, 2.45) is 0 Å². The van der Waals surface area contributed by atoms with Crippen molar-refractivity contribution >= 4 is 11.8 Å². The van der Waals surface area contributed by atoms with E-state index in [1.54, 1.807) is 4.90 Å². The summed E-state index contributed by atoms with van der Waals surface area (Å²) in [4.78, 5) is 3.07. The van der Waals surface area contributed by atoms with Gasteiger partial charge in [0.15, 0.2) is 6.19 Å². The van der Waals surface area contributed by atoms with Gasteiger partial charge in [0.25, 0.3) is 0 Å². The van der Waals surface area contributed by atoms with Crippen LogP contribution in [-0.2, 0) is 13.0 Å². The van der Waals surface area contributed by atoms with E-state index in [9.17, 15) is 0 Å². The van der Waals surface area contributed by atoms with Crippen LogP contribution in [0.15, 0.2) is 23.1 Å². The second kappa shape index (κ2) is 4.59. The molecule has 1 aliphatic heterocycles. The van der Waals surface area contributed by atoms with Gasteiger partial charge in [0.05, 0.1) is 6.54 Å². The number of fused-ring (bicyclic) bond motifs is 1. The molecule has 3 heteroatoms. The lowest BCUT2D eigenvalue weighted by Crippen LogP contribution is -2.10. The SMILES string of the molecule is CN(C#N)Cc1ccc2c(c1)CCCS2. The average molecular weight is 218 g/mol. The molecule has 1 aliphatic rings. The van der Waals surface area contributed by atoms with E-state index >= 15 is 0 Å². The van der Waals surface area contributed by atoms with Crippen LogP contribution in [0.25, 0.3) is 0 Å². The molecule has 0 saturated heterocycles. The number of thioether (sulfide) groups is 1. The standard InChI is InChI=1S/C12H14N2S/c1-14(9-13)8-10-4-5-12-11(7-10)3-2-6-15-12/h4-5,7H,2-3,6,8H2,1H3. The molecule has 0 N–H and O–H groups in total. The van der Waals surface area contributed by atoms with Crippen LogP contribution in [0.5, 0.6) is 0 Å². The van der Waals surface area contributed by atoms with Crippen LogP contribution in [0, 0.1) is 11.5 Å². The maximum absolute atomic E-state index is 8.71. The first-order valence-electron chi connectivity index (χ1n) is 5.15. The quantitative estimate of drug-likeness (QED) is 0.564. The third-order valence-corrected chi connectivity index (χ3v) is 3.77. The van der Waals surface area contributed by atoms with E-state index in [1.807, 2.05) is 18.8 Å². The van der Waals surface area contributed by atoms with Crippen LogP contribution in [0.2, 0.25) is 0 Å². The molecule has 2 nitrogen and oxygen atoms in total. The van der Waals surface area contributed by atoms with E-state index < -0.39 is 0 Å². The molecule has 1 heterocycles. The van der Waals surface area contributed by atoms with Crippen molar-refractivity contribution in [3.63, 3.8) is 0 Å². The fourth-order valence-corrected chi connectivity index (χ4v) is 2.84. The zero-order valence-corrected chi connectivity index (χ0v) is 9.68. The van der Waals surface area contributed by atoms with E-state index in [0.29, 0.717) is 6.54 Å². The molecule has 2 rings (SSSR count). The summed E-state index contributed by atoms with van der Waals surface area (Å²) in [5.74, 6) is 1.24. The van der Waals surface area contributed by atoms with Gasteiger partial charge in [-0.25, -0.2) is 0 Å². The number of nitrogens with zero attached hydrogens (tertiary/aromatic N) is 2. The molecular weight excluding hydrogens is 204 g/mol. The van der Waals surface area contributed by atoms with Gasteiger partial charge in [0.1, 0.15) is 0 Å². The smallest absolute Gasteiger partial charge is 0.179 e. The van der Waals surface area contributed by atoms with Crippen LogP contribution in [0.1, 0.15) is 17.5 Å². The lowest BCUT2D eigenvalue weighted by Gasteiger charge is -2.17. The first-order chi connectivity index (χ1) is 7.29. The van der Waals surface area contributed by atoms with Crippen LogP contribution in [-0.4, -0.2) is 17.7 Å². The minimum Gasteiger partial charge on any atom is -0.309 e. The summed E-state index contributed by atoms with van der Waals surface area (Å²) < 4.78 is 0. The Bertz CT molecular complexity index is 395. The van der Waals surface area contributed by atoms with E-state index in [0.717, 1.165) is 0 Å². The normalized spacial score (nSPS) is 14.1. The van der Waals surface area contributed by atoms with Gasteiger partial charge in [-0.1, -0.05) is 12.1 Å². The van der Waals surface area contributed by atoms with Crippen molar-refractivity contribution in [3.05, 3.63) is 29.3 Å². The monoisotopic (exact) mass is 218 g/mol. The lowest BCUT2D eigenvalue weighted by molar-refractivity contribution is 0.469. The summed E-state index contributed by atoms with van der Waals surface area (Å²) >= 11 is 1.94. The Kier molecular flexibility index (Phi) is 3.17. The summed E-state index contributed by atoms with van der Waals surface area (Å²) in [6, 6.07) is 6.57. The van der Waals surface area contributed by atoms with Crippen LogP contribution >= 0.6 is 11.8 Å². The Morgan fingerprint density at radius 1 is 1.53 bits per heavy atom. The predicted octanol–water partition coefficient (Wildman–Crippen LogP) is 2.64. The molecule has 15 heavy (non-hydrogen) atoms. The molecule has 78 valence electrons. The summed E-state index contributed by atoms with van der Waals surface area (Å²) in [5.41, 5.74) is 2.69. The number of benzene rings is 1. The van der Waals surface area contributed by atoms with Crippen molar-refractivity contribution in [2.45, 2.75) is 24.3 Å². The molecule has 0 unspecified atom stereocenters. The van der Waals surface area contributed by atoms with Gasteiger partial charge in [0.2, 0.25) is 0 Å². The second-order valence-electron chi connectivity index (χ2n) is 3.85. The zero-order chi connectivity index (χ0) is 10.7. The number of nitriles is 1. The Morgan fingerprint density at radius 3 is 3.20 bits per heavy atom. The molecule has 1 aromatic rings. The third-order valence-electron chi connectivity index (χ3n) is 2.56. The molecule has 1 aromatic carbocycles. The number of hydrogen-bond acceptors (Lipinski definition) is 3. The van der Waals surface area contributed by atoms with Gasteiger partial charge in [-0.2, -0.15) is 5.26 Å². The Hall–Kier alpha value is -1.14. The largest absolute Gasteiger partial charge is 0.309 e. The molecule has 0 aliphatic carbocycles. The van der Waals surface area contributed by atoms with Gasteiger partial charge in [-0.05, 0) is 35.8 Å². The first kappa shape index (κ1) is 10.4. The topological polar surface area (TPSA) is 27.0 Å². The molecule has 0 atom stereocenters. The lowest BCUT2D eigenvalue weighted by atomic mass is 10.1. The molecular formula is C12H14N2S. The fraction of sp³-hybridized carbons (Fsp3) is 0.417. The van der Waals surface area contributed by atoms with Crippen LogP contribution < -0.4 is 0 Å². The summed E-state index contributed by atoms with van der Waals surface area (Å²) in [6.07, 6.45) is 4.58. The van der Waals surface area contributed by atoms with Crippen molar-refractivity contribution in [2.75, 3.05) is 12.8 Å². The highest BCUT2D eigenvalue weighted by molar-refractivity contribution is 7.99. The fourth-order valence-electron chi connectivity index (χ4n) is 1.82. The molecule has 0 aromatic heterocycles. The maximum atomic E-state index is 8.71. The summed E-state index contributed by atoms with van der Waals surface area (Å²) in [6.45, 7) is 0.717. The average Bonchev–Trinajstić information content (AvgIpc) is 2.29. The van der Waals surface area contributed by atoms with E-state index in [1.165, 1.54) is 34.6 Å². The number of rotatable bonds is 2. The predicted molar refractivity (Wildman–Crippen MR) is 62.6 cm³/mol. The van der Waals surface area contributed by atoms with E-state index in [4.69, 9.17) is 5.26 Å². The molecule has 0 radical (unpaired) electrons. The summed E-state index contributed by atoms with van der Waals surface area (Å²) in [5, 5.41) is 8.71. The molecule has 0 amide bonds.